The number of nitrogens with zero attached hydrogens (tertiary/aromatic N) is 2. The van der Waals surface area contributed by atoms with E-state index in [1.807, 2.05) is 13.2 Å². The first-order chi connectivity index (χ1) is 9.41. The molecule has 0 aliphatic rings. The van der Waals surface area contributed by atoms with E-state index in [0.717, 1.165) is 13.1 Å². The first-order valence-corrected chi connectivity index (χ1v) is 7.17. The van der Waals surface area contributed by atoms with E-state index < -0.39 is 0 Å². The molecule has 0 saturated heterocycles. The number of nitrogens with one attached hydrogen (secondary N) is 1. The van der Waals surface area contributed by atoms with Crippen LogP contribution >= 0.6 is 0 Å². The van der Waals surface area contributed by atoms with Crippen molar-refractivity contribution in [1.29, 1.82) is 0 Å². The molecule has 0 spiro atoms. The molecule has 1 heterocycles. The van der Waals surface area contributed by atoms with E-state index in [-0.39, 0.29) is 5.41 Å². The summed E-state index contributed by atoms with van der Waals surface area (Å²) >= 11 is 0. The molecule has 1 aromatic heterocycles. The van der Waals surface area contributed by atoms with E-state index in [0.29, 0.717) is 0 Å². The molecule has 1 N–H and O–H groups in total. The van der Waals surface area contributed by atoms with Gasteiger partial charge in [-0.05, 0) is 30.5 Å². The van der Waals surface area contributed by atoms with Crippen LogP contribution in [-0.4, -0.2) is 16.8 Å². The highest BCUT2D eigenvalue weighted by Gasteiger charge is 2.13. The summed E-state index contributed by atoms with van der Waals surface area (Å²) in [5.41, 5.74) is 5.37. The highest BCUT2D eigenvalue weighted by molar-refractivity contribution is 5.28. The average molecular weight is 271 g/mol. The van der Waals surface area contributed by atoms with E-state index in [1.54, 1.807) is 0 Å². The molecule has 2 rings (SSSR count). The molecule has 0 aliphatic carbocycles. The Morgan fingerprint density at radius 1 is 1.15 bits per heavy atom. The number of benzene rings is 1. The smallest absolute Gasteiger partial charge is 0.0662 e. The van der Waals surface area contributed by atoms with Crippen molar-refractivity contribution in [3.63, 3.8) is 0 Å². The monoisotopic (exact) mass is 271 g/mol. The van der Waals surface area contributed by atoms with Crippen LogP contribution in [0.25, 0.3) is 0 Å². The predicted octanol–water partition coefficient (Wildman–Crippen LogP) is 3.26. The second kappa shape index (κ2) is 5.80. The molecule has 0 fully saturated rings. The zero-order chi connectivity index (χ0) is 14.8. The quantitative estimate of drug-likeness (QED) is 0.925. The van der Waals surface area contributed by atoms with Gasteiger partial charge in [-0.25, -0.2) is 0 Å². The maximum Gasteiger partial charge on any atom is 0.0662 e. The van der Waals surface area contributed by atoms with Crippen LogP contribution in [0.2, 0.25) is 0 Å². The summed E-state index contributed by atoms with van der Waals surface area (Å²) in [7, 11) is 1.96. The van der Waals surface area contributed by atoms with Gasteiger partial charge in [0, 0.05) is 17.8 Å². The van der Waals surface area contributed by atoms with Crippen molar-refractivity contribution in [2.24, 2.45) is 0 Å². The van der Waals surface area contributed by atoms with Gasteiger partial charge in [0.25, 0.3) is 0 Å². The van der Waals surface area contributed by atoms with E-state index >= 15 is 0 Å². The lowest BCUT2D eigenvalue weighted by Crippen LogP contribution is -2.11. The lowest BCUT2D eigenvalue weighted by Gasteiger charge is -2.19. The maximum absolute atomic E-state index is 4.48. The summed E-state index contributed by atoms with van der Waals surface area (Å²) in [6.07, 6.45) is 1.95. The van der Waals surface area contributed by atoms with Gasteiger partial charge in [0.05, 0.1) is 12.7 Å². The first kappa shape index (κ1) is 14.8. The predicted molar refractivity (Wildman–Crippen MR) is 84.0 cm³/mol. The van der Waals surface area contributed by atoms with E-state index in [2.05, 4.69) is 67.1 Å². The Kier molecular flexibility index (Phi) is 4.29. The van der Waals surface area contributed by atoms with Crippen molar-refractivity contribution in [2.45, 2.75) is 46.2 Å². The topological polar surface area (TPSA) is 29.9 Å². The highest BCUT2D eigenvalue weighted by Crippen LogP contribution is 2.22. The van der Waals surface area contributed by atoms with Gasteiger partial charge in [-0.3, -0.25) is 4.68 Å². The standard InChI is InChI=1S/C17H25N3/c1-13-15(10-18-5)11-19-20(13)12-14-6-8-16(9-7-14)17(2,3)4/h6-9,11,18H,10,12H2,1-5H3. The highest BCUT2D eigenvalue weighted by atomic mass is 15.3. The molecule has 3 heteroatoms. The van der Waals surface area contributed by atoms with Crippen LogP contribution in [0.4, 0.5) is 0 Å². The van der Waals surface area contributed by atoms with Crippen LogP contribution in [0.1, 0.15) is 43.2 Å². The molecule has 0 aliphatic heterocycles. The van der Waals surface area contributed by atoms with Crippen molar-refractivity contribution in [3.8, 4) is 0 Å². The Morgan fingerprint density at radius 3 is 2.35 bits per heavy atom. The lowest BCUT2D eigenvalue weighted by molar-refractivity contribution is 0.589. The molecule has 0 unspecified atom stereocenters. The Hall–Kier alpha value is -1.61. The van der Waals surface area contributed by atoms with Crippen LogP contribution in [-0.2, 0) is 18.5 Å². The van der Waals surface area contributed by atoms with Gasteiger partial charge in [-0.2, -0.15) is 5.10 Å². The SMILES string of the molecule is CNCc1cnn(Cc2ccc(C(C)(C)C)cc2)c1C. The van der Waals surface area contributed by atoms with E-state index in [1.165, 1.54) is 22.4 Å². The Morgan fingerprint density at radius 2 is 1.80 bits per heavy atom. The van der Waals surface area contributed by atoms with Gasteiger partial charge in [0.1, 0.15) is 0 Å². The second-order valence-electron chi connectivity index (χ2n) is 6.39. The summed E-state index contributed by atoms with van der Waals surface area (Å²) in [5, 5.41) is 7.65. The zero-order valence-electron chi connectivity index (χ0n) is 13.2. The molecular formula is C17H25N3. The van der Waals surface area contributed by atoms with Gasteiger partial charge in [-0.15, -0.1) is 0 Å². The largest absolute Gasteiger partial charge is 0.316 e. The van der Waals surface area contributed by atoms with Crippen LogP contribution < -0.4 is 5.32 Å². The molecule has 0 atom stereocenters. The molecule has 20 heavy (non-hydrogen) atoms. The maximum atomic E-state index is 4.48. The summed E-state index contributed by atoms with van der Waals surface area (Å²) in [5.74, 6) is 0. The number of hydrogen-bond donors (Lipinski definition) is 1. The molecule has 2 aromatic rings. The van der Waals surface area contributed by atoms with Gasteiger partial charge in [0.15, 0.2) is 0 Å². The second-order valence-corrected chi connectivity index (χ2v) is 6.39. The molecule has 108 valence electrons. The van der Waals surface area contributed by atoms with E-state index in [4.69, 9.17) is 0 Å². The minimum Gasteiger partial charge on any atom is -0.316 e. The molecule has 3 nitrogen and oxygen atoms in total. The normalized spacial score (nSPS) is 11.8. The zero-order valence-corrected chi connectivity index (χ0v) is 13.2. The fourth-order valence-electron chi connectivity index (χ4n) is 2.29. The Balaban J connectivity index is 2.14. The fourth-order valence-corrected chi connectivity index (χ4v) is 2.29. The van der Waals surface area contributed by atoms with Crippen molar-refractivity contribution in [3.05, 3.63) is 52.8 Å². The van der Waals surface area contributed by atoms with Crippen LogP contribution in [0.5, 0.6) is 0 Å². The summed E-state index contributed by atoms with van der Waals surface area (Å²) in [6.45, 7) is 10.6. The minimum absolute atomic E-state index is 0.208. The lowest BCUT2D eigenvalue weighted by atomic mass is 9.87. The number of aromatic nitrogens is 2. The third-order valence-corrected chi connectivity index (χ3v) is 3.72. The van der Waals surface area contributed by atoms with E-state index in [9.17, 15) is 0 Å². The van der Waals surface area contributed by atoms with Crippen molar-refractivity contribution >= 4 is 0 Å². The molecule has 0 saturated carbocycles. The molecule has 0 amide bonds. The number of rotatable bonds is 4. The van der Waals surface area contributed by atoms with Gasteiger partial charge in [-0.1, -0.05) is 45.0 Å². The minimum atomic E-state index is 0.208. The van der Waals surface area contributed by atoms with Crippen molar-refractivity contribution < 1.29 is 0 Å². The van der Waals surface area contributed by atoms with Gasteiger partial charge < -0.3 is 5.32 Å². The Labute approximate surface area is 122 Å². The van der Waals surface area contributed by atoms with Crippen molar-refractivity contribution in [2.75, 3.05) is 7.05 Å². The van der Waals surface area contributed by atoms with Gasteiger partial charge >= 0.3 is 0 Å². The Bertz CT molecular complexity index is 559. The fraction of sp³-hybridized carbons (Fsp3) is 0.471. The average Bonchev–Trinajstić information content (AvgIpc) is 2.72. The summed E-state index contributed by atoms with van der Waals surface area (Å²) in [4.78, 5) is 0. The third kappa shape index (κ3) is 3.28. The van der Waals surface area contributed by atoms with Crippen LogP contribution in [0, 0.1) is 6.92 Å². The summed E-state index contributed by atoms with van der Waals surface area (Å²) in [6, 6.07) is 8.87. The molecular weight excluding hydrogens is 246 g/mol. The molecule has 0 bridgehead atoms. The van der Waals surface area contributed by atoms with Crippen LogP contribution in [0.15, 0.2) is 30.5 Å². The summed E-state index contributed by atoms with van der Waals surface area (Å²) < 4.78 is 2.07. The van der Waals surface area contributed by atoms with Crippen LogP contribution in [0.3, 0.4) is 0 Å². The number of hydrogen-bond acceptors (Lipinski definition) is 2. The molecule has 0 radical (unpaired) electrons. The van der Waals surface area contributed by atoms with Crippen molar-refractivity contribution in [1.82, 2.24) is 15.1 Å². The first-order valence-electron chi connectivity index (χ1n) is 7.17. The van der Waals surface area contributed by atoms with Gasteiger partial charge in [0.2, 0.25) is 0 Å². The third-order valence-electron chi connectivity index (χ3n) is 3.72. The molecule has 1 aromatic carbocycles.